The highest BCUT2D eigenvalue weighted by molar-refractivity contribution is 5.95. The summed E-state index contributed by atoms with van der Waals surface area (Å²) in [6.45, 7) is 5.83. The summed E-state index contributed by atoms with van der Waals surface area (Å²) in [5.41, 5.74) is -0.268. The molecule has 0 radical (unpaired) electrons. The van der Waals surface area contributed by atoms with Gasteiger partial charge in [-0.05, 0) is 30.9 Å². The number of carbonyl (C=O) groups excluding carboxylic acids is 2. The molecule has 0 bridgehead atoms. The number of amides is 2. The van der Waals surface area contributed by atoms with Gasteiger partial charge >= 0.3 is 6.03 Å². The topological polar surface area (TPSA) is 78.4 Å². The van der Waals surface area contributed by atoms with E-state index in [1.165, 1.54) is 0 Å². The zero-order valence-electron chi connectivity index (χ0n) is 14.2. The molecule has 5 nitrogen and oxygen atoms in total. The Morgan fingerprint density at radius 3 is 2.50 bits per heavy atom. The lowest BCUT2D eigenvalue weighted by Crippen LogP contribution is -2.43. The van der Waals surface area contributed by atoms with Crippen LogP contribution >= 0.6 is 0 Å². The normalized spacial score (nSPS) is 12.1. The van der Waals surface area contributed by atoms with Crippen molar-refractivity contribution in [3.05, 3.63) is 23.8 Å². The van der Waals surface area contributed by atoms with Crippen molar-refractivity contribution in [2.24, 2.45) is 5.92 Å². The summed E-state index contributed by atoms with van der Waals surface area (Å²) < 4.78 is 26.3. The maximum atomic E-state index is 13.3. The molecule has 1 rings (SSSR count). The summed E-state index contributed by atoms with van der Waals surface area (Å²) in [6.07, 6.45) is 2.44. The van der Waals surface area contributed by atoms with E-state index in [0.29, 0.717) is 12.8 Å². The van der Waals surface area contributed by atoms with Gasteiger partial charge in [-0.25, -0.2) is 9.18 Å². The number of carbonyl (C=O) groups is 2. The third-order valence-electron chi connectivity index (χ3n) is 3.50. The van der Waals surface area contributed by atoms with Crippen molar-refractivity contribution < 1.29 is 23.5 Å². The standard InChI is InChI=1S/C17H24F2N2O3/c1-4-5-6-14(22)13(9-10(2)3)21-17(24)20-12-8-7-11(18)15(19)16(12)23/h7-8,10,13,23H,4-6,9H2,1-3H3,(H2,20,21,24)/t13-/m0/s1. The van der Waals surface area contributed by atoms with E-state index in [-0.39, 0.29) is 17.4 Å². The first-order valence-corrected chi connectivity index (χ1v) is 8.03. The van der Waals surface area contributed by atoms with E-state index in [4.69, 9.17) is 0 Å². The largest absolute Gasteiger partial charge is 0.503 e. The van der Waals surface area contributed by atoms with Crippen LogP contribution in [0, 0.1) is 17.6 Å². The van der Waals surface area contributed by atoms with Crippen molar-refractivity contribution in [3.63, 3.8) is 0 Å². The van der Waals surface area contributed by atoms with Crippen molar-refractivity contribution >= 4 is 17.5 Å². The molecule has 0 fully saturated rings. The minimum absolute atomic E-state index is 0.0739. The van der Waals surface area contributed by atoms with Crippen molar-refractivity contribution in [1.29, 1.82) is 0 Å². The van der Waals surface area contributed by atoms with Crippen molar-refractivity contribution in [2.75, 3.05) is 5.32 Å². The molecule has 2 amide bonds. The van der Waals surface area contributed by atoms with Crippen LogP contribution in [0.1, 0.15) is 46.5 Å². The van der Waals surface area contributed by atoms with Crippen LogP contribution in [-0.4, -0.2) is 23.0 Å². The summed E-state index contributed by atoms with van der Waals surface area (Å²) in [7, 11) is 0. The number of anilines is 1. The zero-order chi connectivity index (χ0) is 18.3. The third-order valence-corrected chi connectivity index (χ3v) is 3.50. The van der Waals surface area contributed by atoms with Crippen LogP contribution in [0.15, 0.2) is 12.1 Å². The number of benzene rings is 1. The Morgan fingerprint density at radius 1 is 1.25 bits per heavy atom. The Bertz CT molecular complexity index is 591. The SMILES string of the molecule is CCCCC(=O)[C@H](CC(C)C)NC(=O)Nc1ccc(F)c(F)c1O. The van der Waals surface area contributed by atoms with E-state index in [1.807, 2.05) is 20.8 Å². The minimum atomic E-state index is -1.44. The number of halogens is 2. The fourth-order valence-electron chi connectivity index (χ4n) is 2.22. The van der Waals surface area contributed by atoms with Gasteiger partial charge < -0.3 is 15.7 Å². The van der Waals surface area contributed by atoms with Gasteiger partial charge in [0.1, 0.15) is 0 Å². The smallest absolute Gasteiger partial charge is 0.319 e. The monoisotopic (exact) mass is 342 g/mol. The molecule has 0 unspecified atom stereocenters. The molecule has 1 aromatic carbocycles. The molecule has 0 saturated heterocycles. The molecule has 1 aromatic rings. The van der Waals surface area contributed by atoms with E-state index >= 15 is 0 Å². The number of hydrogen-bond acceptors (Lipinski definition) is 3. The van der Waals surface area contributed by atoms with Crippen molar-refractivity contribution in [2.45, 2.75) is 52.5 Å². The minimum Gasteiger partial charge on any atom is -0.503 e. The average molecular weight is 342 g/mol. The molecular formula is C17H24F2N2O3. The van der Waals surface area contributed by atoms with E-state index in [9.17, 15) is 23.5 Å². The van der Waals surface area contributed by atoms with Gasteiger partial charge in [-0.3, -0.25) is 4.79 Å². The summed E-state index contributed by atoms with van der Waals surface area (Å²) in [5.74, 6) is -3.52. The highest BCUT2D eigenvalue weighted by atomic mass is 19.2. The lowest BCUT2D eigenvalue weighted by Gasteiger charge is -2.20. The molecule has 1 atom stereocenters. The molecule has 24 heavy (non-hydrogen) atoms. The molecular weight excluding hydrogens is 318 g/mol. The summed E-state index contributed by atoms with van der Waals surface area (Å²) in [6, 6.07) is 0.419. The van der Waals surface area contributed by atoms with Gasteiger partial charge in [-0.2, -0.15) is 4.39 Å². The molecule has 7 heteroatoms. The number of unbranched alkanes of at least 4 members (excludes halogenated alkanes) is 1. The van der Waals surface area contributed by atoms with Crippen molar-refractivity contribution in [3.8, 4) is 5.75 Å². The highest BCUT2D eigenvalue weighted by Gasteiger charge is 2.22. The van der Waals surface area contributed by atoms with E-state index in [2.05, 4.69) is 10.6 Å². The Labute approximate surface area is 140 Å². The Hall–Kier alpha value is -2.18. The predicted molar refractivity (Wildman–Crippen MR) is 88.0 cm³/mol. The first-order valence-electron chi connectivity index (χ1n) is 8.03. The molecule has 3 N–H and O–H groups in total. The van der Waals surface area contributed by atoms with Gasteiger partial charge in [0.25, 0.3) is 0 Å². The zero-order valence-corrected chi connectivity index (χ0v) is 14.2. The number of phenolic OH excluding ortho intramolecular Hbond substituents is 1. The van der Waals surface area contributed by atoms with Gasteiger partial charge in [0, 0.05) is 6.42 Å². The number of Topliss-reactive ketones (excluding diaryl/α,β-unsaturated/α-hetero) is 1. The fraction of sp³-hybridized carbons (Fsp3) is 0.529. The number of rotatable bonds is 8. The first kappa shape index (κ1) is 19.9. The number of hydrogen-bond donors (Lipinski definition) is 3. The molecule has 0 heterocycles. The second-order valence-electron chi connectivity index (χ2n) is 6.11. The van der Waals surface area contributed by atoms with Gasteiger partial charge in [-0.15, -0.1) is 0 Å². The van der Waals surface area contributed by atoms with E-state index < -0.39 is 29.5 Å². The Morgan fingerprint density at radius 2 is 1.92 bits per heavy atom. The van der Waals surface area contributed by atoms with Crippen LogP contribution < -0.4 is 10.6 Å². The predicted octanol–water partition coefficient (Wildman–Crippen LogP) is 3.97. The van der Waals surface area contributed by atoms with Gasteiger partial charge in [0.2, 0.25) is 5.82 Å². The maximum absolute atomic E-state index is 13.3. The number of urea groups is 1. The Balaban J connectivity index is 2.77. The Kier molecular flexibility index (Phi) is 7.61. The van der Waals surface area contributed by atoms with Crippen LogP contribution in [0.25, 0.3) is 0 Å². The lowest BCUT2D eigenvalue weighted by molar-refractivity contribution is -0.121. The molecule has 0 aliphatic rings. The van der Waals surface area contributed by atoms with Crippen LogP contribution in [-0.2, 0) is 4.79 Å². The quantitative estimate of drug-likeness (QED) is 0.626. The van der Waals surface area contributed by atoms with Gasteiger partial charge in [0.15, 0.2) is 17.3 Å². The second kappa shape index (κ2) is 9.20. The molecule has 0 aliphatic carbocycles. The summed E-state index contributed by atoms with van der Waals surface area (Å²) in [4.78, 5) is 24.2. The summed E-state index contributed by atoms with van der Waals surface area (Å²) in [5, 5.41) is 14.3. The number of aromatic hydroxyl groups is 1. The maximum Gasteiger partial charge on any atom is 0.319 e. The number of ketones is 1. The van der Waals surface area contributed by atoms with Crippen LogP contribution in [0.3, 0.4) is 0 Å². The molecule has 0 aromatic heterocycles. The van der Waals surface area contributed by atoms with E-state index in [0.717, 1.165) is 25.0 Å². The fourth-order valence-corrected chi connectivity index (χ4v) is 2.22. The lowest BCUT2D eigenvalue weighted by atomic mass is 9.97. The van der Waals surface area contributed by atoms with Crippen molar-refractivity contribution in [1.82, 2.24) is 5.32 Å². The van der Waals surface area contributed by atoms with Gasteiger partial charge in [-0.1, -0.05) is 27.2 Å². The molecule has 134 valence electrons. The van der Waals surface area contributed by atoms with Gasteiger partial charge in [0.05, 0.1) is 11.7 Å². The first-order chi connectivity index (χ1) is 11.3. The number of phenols is 1. The molecule has 0 aliphatic heterocycles. The third kappa shape index (κ3) is 5.79. The second-order valence-corrected chi connectivity index (χ2v) is 6.11. The molecule has 0 spiro atoms. The van der Waals surface area contributed by atoms with Crippen LogP contribution in [0.2, 0.25) is 0 Å². The molecule has 0 saturated carbocycles. The van der Waals surface area contributed by atoms with Crippen LogP contribution in [0.4, 0.5) is 19.3 Å². The summed E-state index contributed by atoms with van der Waals surface area (Å²) >= 11 is 0. The highest BCUT2D eigenvalue weighted by Crippen LogP contribution is 2.28. The van der Waals surface area contributed by atoms with Crippen LogP contribution in [0.5, 0.6) is 5.75 Å². The average Bonchev–Trinajstić information content (AvgIpc) is 2.52. The van der Waals surface area contributed by atoms with E-state index in [1.54, 1.807) is 0 Å². The number of nitrogens with one attached hydrogen (secondary N) is 2.